The summed E-state index contributed by atoms with van der Waals surface area (Å²) in [5, 5.41) is 5.33. The SMILES string of the molecule is Clc1ccc(Cn2cncc2CNC2CN(c3cccc(Cl)c3)CCc3ccccc32)cc1. The molecule has 0 saturated heterocycles. The number of hydrogen-bond acceptors (Lipinski definition) is 3. The van der Waals surface area contributed by atoms with Crippen molar-refractivity contribution in [3.05, 3.63) is 118 Å². The molecule has 33 heavy (non-hydrogen) atoms. The van der Waals surface area contributed by atoms with Crippen LogP contribution in [-0.4, -0.2) is 22.6 Å². The van der Waals surface area contributed by atoms with Gasteiger partial charge in [-0.3, -0.25) is 0 Å². The second-order valence-corrected chi connectivity index (χ2v) is 9.32. The van der Waals surface area contributed by atoms with E-state index in [-0.39, 0.29) is 6.04 Å². The first-order chi connectivity index (χ1) is 16.2. The lowest BCUT2D eigenvalue weighted by Gasteiger charge is -2.28. The van der Waals surface area contributed by atoms with E-state index in [1.54, 1.807) is 0 Å². The quantitative estimate of drug-likeness (QED) is 0.363. The third kappa shape index (κ3) is 5.25. The summed E-state index contributed by atoms with van der Waals surface area (Å²) < 4.78 is 2.19. The second kappa shape index (κ2) is 10.0. The number of benzene rings is 3. The maximum absolute atomic E-state index is 6.29. The summed E-state index contributed by atoms with van der Waals surface area (Å²) in [6, 6.07) is 25.1. The fourth-order valence-electron chi connectivity index (χ4n) is 4.50. The Balaban J connectivity index is 1.35. The van der Waals surface area contributed by atoms with Gasteiger partial charge >= 0.3 is 0 Å². The largest absolute Gasteiger partial charge is 0.369 e. The van der Waals surface area contributed by atoms with Crippen molar-refractivity contribution in [2.75, 3.05) is 18.0 Å². The zero-order chi connectivity index (χ0) is 22.6. The normalized spacial score (nSPS) is 15.8. The van der Waals surface area contributed by atoms with E-state index in [9.17, 15) is 0 Å². The molecular weight excluding hydrogens is 451 g/mol. The van der Waals surface area contributed by atoms with Gasteiger partial charge in [-0.25, -0.2) is 4.98 Å². The van der Waals surface area contributed by atoms with E-state index in [1.165, 1.54) is 16.7 Å². The summed E-state index contributed by atoms with van der Waals surface area (Å²) in [6.45, 7) is 3.34. The lowest BCUT2D eigenvalue weighted by molar-refractivity contribution is 0.516. The van der Waals surface area contributed by atoms with Crippen molar-refractivity contribution in [2.45, 2.75) is 25.6 Å². The van der Waals surface area contributed by atoms with Crippen LogP contribution in [0.1, 0.15) is 28.4 Å². The molecule has 1 N–H and O–H groups in total. The highest BCUT2D eigenvalue weighted by Crippen LogP contribution is 2.28. The number of imidazole rings is 1. The summed E-state index contributed by atoms with van der Waals surface area (Å²) >= 11 is 12.3. The van der Waals surface area contributed by atoms with Crippen molar-refractivity contribution in [3.63, 3.8) is 0 Å². The molecule has 0 fully saturated rings. The van der Waals surface area contributed by atoms with Gasteiger partial charge in [0.05, 0.1) is 18.1 Å². The third-order valence-electron chi connectivity index (χ3n) is 6.25. The average Bonchev–Trinajstić information content (AvgIpc) is 3.18. The van der Waals surface area contributed by atoms with Gasteiger partial charge in [0.1, 0.15) is 0 Å². The molecule has 1 aliphatic heterocycles. The van der Waals surface area contributed by atoms with Crippen molar-refractivity contribution >= 4 is 28.9 Å². The van der Waals surface area contributed by atoms with Gasteiger partial charge in [-0.15, -0.1) is 0 Å². The Labute approximate surface area is 204 Å². The van der Waals surface area contributed by atoms with Crippen molar-refractivity contribution in [1.29, 1.82) is 0 Å². The monoisotopic (exact) mass is 476 g/mol. The summed E-state index contributed by atoms with van der Waals surface area (Å²) in [7, 11) is 0. The highest BCUT2D eigenvalue weighted by atomic mass is 35.5. The van der Waals surface area contributed by atoms with Crippen LogP contribution >= 0.6 is 23.2 Å². The molecule has 0 spiro atoms. The minimum absolute atomic E-state index is 0.196. The lowest BCUT2D eigenvalue weighted by atomic mass is 9.99. The molecule has 0 amide bonds. The summed E-state index contributed by atoms with van der Waals surface area (Å²) in [6.07, 6.45) is 4.85. The van der Waals surface area contributed by atoms with Crippen LogP contribution in [-0.2, 0) is 19.5 Å². The first-order valence-electron chi connectivity index (χ1n) is 11.2. The predicted octanol–water partition coefficient (Wildman–Crippen LogP) is 6.13. The summed E-state index contributed by atoms with van der Waals surface area (Å²) in [4.78, 5) is 6.83. The van der Waals surface area contributed by atoms with Gasteiger partial charge in [-0.1, -0.05) is 65.7 Å². The van der Waals surface area contributed by atoms with E-state index >= 15 is 0 Å². The molecule has 0 saturated carbocycles. The van der Waals surface area contributed by atoms with E-state index in [2.05, 4.69) is 68.3 Å². The lowest BCUT2D eigenvalue weighted by Crippen LogP contribution is -2.34. The van der Waals surface area contributed by atoms with Gasteiger partial charge in [0.2, 0.25) is 0 Å². The molecule has 4 aromatic rings. The zero-order valence-electron chi connectivity index (χ0n) is 18.3. The predicted molar refractivity (Wildman–Crippen MR) is 136 cm³/mol. The van der Waals surface area contributed by atoms with Crippen molar-refractivity contribution in [2.24, 2.45) is 0 Å². The molecule has 5 rings (SSSR count). The van der Waals surface area contributed by atoms with Gasteiger partial charge < -0.3 is 14.8 Å². The highest BCUT2D eigenvalue weighted by Gasteiger charge is 2.23. The van der Waals surface area contributed by atoms with Crippen molar-refractivity contribution < 1.29 is 0 Å². The molecule has 168 valence electrons. The fraction of sp³-hybridized carbons (Fsp3) is 0.222. The molecule has 1 atom stereocenters. The Morgan fingerprint density at radius 2 is 1.79 bits per heavy atom. The minimum Gasteiger partial charge on any atom is -0.369 e. The van der Waals surface area contributed by atoms with Crippen molar-refractivity contribution in [3.8, 4) is 0 Å². The Kier molecular flexibility index (Phi) is 6.68. The molecule has 1 aromatic heterocycles. The molecule has 3 aromatic carbocycles. The highest BCUT2D eigenvalue weighted by molar-refractivity contribution is 6.31. The number of aromatic nitrogens is 2. The van der Waals surface area contributed by atoms with Crippen LogP contribution in [0, 0.1) is 0 Å². The van der Waals surface area contributed by atoms with Crippen LogP contribution in [0.25, 0.3) is 0 Å². The van der Waals surface area contributed by atoms with Gasteiger partial charge in [0.15, 0.2) is 0 Å². The molecule has 0 aliphatic carbocycles. The van der Waals surface area contributed by atoms with Gasteiger partial charge in [-0.05, 0) is 53.4 Å². The number of halogens is 2. The first-order valence-corrected chi connectivity index (χ1v) is 12.0. The van der Waals surface area contributed by atoms with Crippen LogP contribution < -0.4 is 10.2 Å². The van der Waals surface area contributed by atoms with Crippen LogP contribution in [0.4, 0.5) is 5.69 Å². The Morgan fingerprint density at radius 1 is 0.939 bits per heavy atom. The van der Waals surface area contributed by atoms with E-state index in [0.717, 1.165) is 54.0 Å². The Hall–Kier alpha value is -2.79. The third-order valence-corrected chi connectivity index (χ3v) is 6.74. The van der Waals surface area contributed by atoms with E-state index in [1.807, 2.05) is 36.8 Å². The van der Waals surface area contributed by atoms with Gasteiger partial charge in [0, 0.05) is 48.1 Å². The maximum atomic E-state index is 6.29. The fourth-order valence-corrected chi connectivity index (χ4v) is 4.81. The smallest absolute Gasteiger partial charge is 0.0951 e. The van der Waals surface area contributed by atoms with E-state index in [0.29, 0.717) is 0 Å². The number of rotatable bonds is 6. The summed E-state index contributed by atoms with van der Waals surface area (Å²) in [5.41, 5.74) is 6.28. The number of nitrogens with zero attached hydrogens (tertiary/aromatic N) is 3. The molecule has 0 radical (unpaired) electrons. The van der Waals surface area contributed by atoms with Gasteiger partial charge in [-0.2, -0.15) is 0 Å². The van der Waals surface area contributed by atoms with E-state index in [4.69, 9.17) is 23.2 Å². The maximum Gasteiger partial charge on any atom is 0.0951 e. The molecule has 1 aliphatic rings. The minimum atomic E-state index is 0.196. The topological polar surface area (TPSA) is 33.1 Å². The molecular formula is C27H26Cl2N4. The number of nitrogens with one attached hydrogen (secondary N) is 1. The number of fused-ring (bicyclic) bond motifs is 1. The number of anilines is 1. The molecule has 4 nitrogen and oxygen atoms in total. The summed E-state index contributed by atoms with van der Waals surface area (Å²) in [5.74, 6) is 0. The van der Waals surface area contributed by atoms with Crippen LogP contribution in [0.2, 0.25) is 10.0 Å². The Bertz CT molecular complexity index is 1220. The van der Waals surface area contributed by atoms with Crippen LogP contribution in [0.15, 0.2) is 85.3 Å². The standard InChI is InChI=1S/C27H26Cl2N4/c28-22-10-8-20(9-11-22)17-33-19-30-15-25(33)16-31-27-18-32(24-6-3-5-23(29)14-24)13-12-21-4-1-2-7-26(21)27/h1-11,14-15,19,27,31H,12-13,16-18H2. The zero-order valence-corrected chi connectivity index (χ0v) is 19.8. The van der Waals surface area contributed by atoms with Crippen molar-refractivity contribution in [1.82, 2.24) is 14.9 Å². The second-order valence-electron chi connectivity index (χ2n) is 8.45. The number of hydrogen-bond donors (Lipinski definition) is 1. The first kappa shape index (κ1) is 22.0. The Morgan fingerprint density at radius 3 is 2.64 bits per heavy atom. The van der Waals surface area contributed by atoms with E-state index < -0.39 is 0 Å². The molecule has 6 heteroatoms. The van der Waals surface area contributed by atoms with Gasteiger partial charge in [0.25, 0.3) is 0 Å². The van der Waals surface area contributed by atoms with Crippen LogP contribution in [0.3, 0.4) is 0 Å². The average molecular weight is 477 g/mol. The molecule has 1 unspecified atom stereocenters. The molecule has 0 bridgehead atoms. The molecule has 2 heterocycles. The van der Waals surface area contributed by atoms with Crippen LogP contribution in [0.5, 0.6) is 0 Å².